The van der Waals surface area contributed by atoms with E-state index in [1.54, 1.807) is 6.33 Å². The summed E-state index contributed by atoms with van der Waals surface area (Å²) in [7, 11) is 0. The number of rotatable bonds is 6. The highest BCUT2D eigenvalue weighted by Gasteiger charge is 2.11. The summed E-state index contributed by atoms with van der Waals surface area (Å²) >= 11 is 0. The zero-order valence-corrected chi connectivity index (χ0v) is 13.0. The molecule has 6 heteroatoms. The first-order chi connectivity index (χ1) is 9.47. The molecule has 1 N–H and O–H groups in total. The van der Waals surface area contributed by atoms with Crippen LogP contribution >= 0.6 is 0 Å². The maximum Gasteiger partial charge on any atom is 0.148 e. The Bertz CT molecular complexity index is 552. The van der Waals surface area contributed by atoms with E-state index in [4.69, 9.17) is 0 Å². The molecule has 0 aromatic carbocycles. The minimum atomic E-state index is 0.311. The van der Waals surface area contributed by atoms with Gasteiger partial charge >= 0.3 is 0 Å². The number of aryl methyl sites for hydroxylation is 1. The molecule has 0 unspecified atom stereocenters. The Labute approximate surface area is 120 Å². The fourth-order valence-electron chi connectivity index (χ4n) is 2.09. The van der Waals surface area contributed by atoms with Crippen LogP contribution in [0.4, 0.5) is 0 Å². The summed E-state index contributed by atoms with van der Waals surface area (Å²) in [4.78, 5) is 4.32. The third kappa shape index (κ3) is 3.45. The molecular weight excluding hydrogens is 252 g/mol. The Balaban J connectivity index is 2.10. The summed E-state index contributed by atoms with van der Waals surface area (Å²) in [5.41, 5.74) is 2.29. The van der Waals surface area contributed by atoms with Crippen LogP contribution in [0.3, 0.4) is 0 Å². The molecule has 0 aliphatic rings. The summed E-state index contributed by atoms with van der Waals surface area (Å²) in [5, 5.41) is 12.2. The molecule has 2 aromatic heterocycles. The summed E-state index contributed by atoms with van der Waals surface area (Å²) in [6.45, 7) is 12.0. The fraction of sp³-hybridized carbons (Fsp3) is 0.643. The van der Waals surface area contributed by atoms with Gasteiger partial charge in [-0.05, 0) is 20.8 Å². The molecule has 0 amide bonds. The Hall–Kier alpha value is -1.69. The lowest BCUT2D eigenvalue weighted by atomic mass is 10.2. The molecule has 0 spiro atoms. The molecule has 0 saturated heterocycles. The molecule has 0 saturated carbocycles. The van der Waals surface area contributed by atoms with Crippen molar-refractivity contribution in [2.45, 2.75) is 59.8 Å². The molecular formula is C14H24N6. The monoisotopic (exact) mass is 276 g/mol. The van der Waals surface area contributed by atoms with Gasteiger partial charge in [0, 0.05) is 30.4 Å². The van der Waals surface area contributed by atoms with Crippen molar-refractivity contribution in [2.24, 2.45) is 0 Å². The van der Waals surface area contributed by atoms with Crippen molar-refractivity contribution in [3.05, 3.63) is 29.6 Å². The first kappa shape index (κ1) is 14.7. The molecule has 0 bridgehead atoms. The predicted molar refractivity (Wildman–Crippen MR) is 78.4 cm³/mol. The van der Waals surface area contributed by atoms with Crippen LogP contribution in [0.15, 0.2) is 12.5 Å². The second-order valence-corrected chi connectivity index (χ2v) is 5.69. The standard InChI is InChI=1S/C14H24N6/c1-10(2)15-6-13-7-19(18-12(13)5)8-14-16-9-17-20(14)11(3)4/h7,9-11,15H,6,8H2,1-5H3. The van der Waals surface area contributed by atoms with Gasteiger partial charge in [-0.1, -0.05) is 13.8 Å². The van der Waals surface area contributed by atoms with Crippen molar-refractivity contribution < 1.29 is 0 Å². The van der Waals surface area contributed by atoms with E-state index in [0.29, 0.717) is 18.6 Å². The van der Waals surface area contributed by atoms with Gasteiger partial charge in [0.1, 0.15) is 18.7 Å². The molecule has 2 rings (SSSR count). The van der Waals surface area contributed by atoms with Crippen molar-refractivity contribution in [2.75, 3.05) is 0 Å². The average Bonchev–Trinajstić information content (AvgIpc) is 2.94. The van der Waals surface area contributed by atoms with Gasteiger partial charge in [-0.15, -0.1) is 0 Å². The van der Waals surface area contributed by atoms with E-state index in [1.165, 1.54) is 5.56 Å². The Morgan fingerprint density at radius 2 is 2.00 bits per heavy atom. The predicted octanol–water partition coefficient (Wildman–Crippen LogP) is 1.91. The molecule has 110 valence electrons. The molecule has 0 fully saturated rings. The zero-order chi connectivity index (χ0) is 14.7. The topological polar surface area (TPSA) is 60.6 Å². The van der Waals surface area contributed by atoms with Gasteiger partial charge in [0.25, 0.3) is 0 Å². The number of hydrogen-bond acceptors (Lipinski definition) is 4. The van der Waals surface area contributed by atoms with E-state index in [2.05, 4.69) is 54.4 Å². The van der Waals surface area contributed by atoms with Crippen LogP contribution in [0.25, 0.3) is 0 Å². The van der Waals surface area contributed by atoms with Crippen LogP contribution in [0.1, 0.15) is 50.8 Å². The van der Waals surface area contributed by atoms with Crippen LogP contribution in [-0.2, 0) is 13.1 Å². The van der Waals surface area contributed by atoms with Crippen molar-refractivity contribution in [3.8, 4) is 0 Å². The molecule has 2 heterocycles. The fourth-order valence-corrected chi connectivity index (χ4v) is 2.09. The van der Waals surface area contributed by atoms with Gasteiger partial charge in [-0.25, -0.2) is 9.67 Å². The van der Waals surface area contributed by atoms with Gasteiger partial charge in [0.05, 0.1) is 5.69 Å². The Morgan fingerprint density at radius 1 is 1.25 bits per heavy atom. The first-order valence-corrected chi connectivity index (χ1v) is 7.12. The Kier molecular flexibility index (Phi) is 4.54. The van der Waals surface area contributed by atoms with Crippen molar-refractivity contribution in [1.82, 2.24) is 29.9 Å². The highest BCUT2D eigenvalue weighted by Crippen LogP contribution is 2.10. The van der Waals surface area contributed by atoms with Crippen LogP contribution in [0.2, 0.25) is 0 Å². The van der Waals surface area contributed by atoms with Crippen molar-refractivity contribution in [1.29, 1.82) is 0 Å². The van der Waals surface area contributed by atoms with Crippen LogP contribution in [0, 0.1) is 6.92 Å². The van der Waals surface area contributed by atoms with Crippen LogP contribution in [0.5, 0.6) is 0 Å². The highest BCUT2D eigenvalue weighted by atomic mass is 15.4. The molecule has 20 heavy (non-hydrogen) atoms. The van der Waals surface area contributed by atoms with E-state index in [9.17, 15) is 0 Å². The minimum Gasteiger partial charge on any atom is -0.310 e. The number of nitrogens with one attached hydrogen (secondary N) is 1. The number of aromatic nitrogens is 5. The third-order valence-electron chi connectivity index (χ3n) is 3.19. The van der Waals surface area contributed by atoms with Crippen molar-refractivity contribution in [3.63, 3.8) is 0 Å². The van der Waals surface area contributed by atoms with Gasteiger partial charge in [-0.2, -0.15) is 10.2 Å². The summed E-state index contributed by atoms with van der Waals surface area (Å²) in [6.07, 6.45) is 3.69. The lowest BCUT2D eigenvalue weighted by molar-refractivity contribution is 0.487. The SMILES string of the molecule is Cc1nn(Cc2ncnn2C(C)C)cc1CNC(C)C. The van der Waals surface area contributed by atoms with E-state index in [0.717, 1.165) is 18.1 Å². The molecule has 0 aliphatic carbocycles. The molecule has 0 radical (unpaired) electrons. The second-order valence-electron chi connectivity index (χ2n) is 5.69. The lowest BCUT2D eigenvalue weighted by Crippen LogP contribution is -2.21. The summed E-state index contributed by atoms with van der Waals surface area (Å²) < 4.78 is 3.87. The summed E-state index contributed by atoms with van der Waals surface area (Å²) in [6, 6.07) is 0.785. The number of nitrogens with zero attached hydrogens (tertiary/aromatic N) is 5. The van der Waals surface area contributed by atoms with E-state index in [-0.39, 0.29) is 0 Å². The van der Waals surface area contributed by atoms with Gasteiger partial charge in [0.2, 0.25) is 0 Å². The second kappa shape index (κ2) is 6.17. The minimum absolute atomic E-state index is 0.311. The smallest absolute Gasteiger partial charge is 0.148 e. The molecule has 2 aromatic rings. The summed E-state index contributed by atoms with van der Waals surface area (Å²) in [5.74, 6) is 0.936. The maximum absolute atomic E-state index is 4.56. The van der Waals surface area contributed by atoms with E-state index < -0.39 is 0 Å². The average molecular weight is 276 g/mol. The van der Waals surface area contributed by atoms with Crippen LogP contribution in [-0.4, -0.2) is 30.6 Å². The number of hydrogen-bond donors (Lipinski definition) is 1. The molecule has 0 aliphatic heterocycles. The van der Waals surface area contributed by atoms with E-state index in [1.807, 2.05) is 16.3 Å². The maximum atomic E-state index is 4.56. The quantitative estimate of drug-likeness (QED) is 0.875. The first-order valence-electron chi connectivity index (χ1n) is 7.12. The normalized spacial score (nSPS) is 11.8. The van der Waals surface area contributed by atoms with Gasteiger partial charge in [0.15, 0.2) is 0 Å². The third-order valence-corrected chi connectivity index (χ3v) is 3.19. The molecule has 0 atom stereocenters. The highest BCUT2D eigenvalue weighted by molar-refractivity contribution is 5.15. The molecule has 6 nitrogen and oxygen atoms in total. The zero-order valence-electron chi connectivity index (χ0n) is 13.0. The van der Waals surface area contributed by atoms with Gasteiger partial charge in [-0.3, -0.25) is 4.68 Å². The lowest BCUT2D eigenvalue weighted by Gasteiger charge is -2.09. The largest absolute Gasteiger partial charge is 0.310 e. The van der Waals surface area contributed by atoms with Crippen LogP contribution < -0.4 is 5.32 Å². The van der Waals surface area contributed by atoms with Gasteiger partial charge < -0.3 is 5.32 Å². The Morgan fingerprint density at radius 3 is 2.65 bits per heavy atom. The van der Waals surface area contributed by atoms with Crippen molar-refractivity contribution >= 4 is 0 Å². The van der Waals surface area contributed by atoms with E-state index >= 15 is 0 Å².